The van der Waals surface area contributed by atoms with Gasteiger partial charge in [0.25, 0.3) is 0 Å². The van der Waals surface area contributed by atoms with Crippen LogP contribution in [0.15, 0.2) is 42.5 Å². The van der Waals surface area contributed by atoms with Crippen LogP contribution < -0.4 is 9.62 Å². The molecule has 1 N–H and O–H groups in total. The van der Waals surface area contributed by atoms with Gasteiger partial charge in [-0.1, -0.05) is 48.9 Å². The second-order valence-electron chi connectivity index (χ2n) is 7.00. The fourth-order valence-electron chi connectivity index (χ4n) is 2.96. The number of hydrogen-bond acceptors (Lipinski definition) is 3. The molecule has 0 saturated heterocycles. The SMILES string of the molecule is CC[C@@H](NC(=O)CN(c1cc(C)ccc1C)S(C)(=O)=O)c1ccc(C)cc1. The van der Waals surface area contributed by atoms with Crippen LogP contribution in [0.4, 0.5) is 5.69 Å². The van der Waals surface area contributed by atoms with E-state index in [9.17, 15) is 13.2 Å². The Morgan fingerprint density at radius 3 is 2.19 bits per heavy atom. The van der Waals surface area contributed by atoms with Crippen molar-refractivity contribution in [2.24, 2.45) is 0 Å². The van der Waals surface area contributed by atoms with Crippen LogP contribution in [0, 0.1) is 20.8 Å². The van der Waals surface area contributed by atoms with E-state index in [0.29, 0.717) is 5.69 Å². The minimum Gasteiger partial charge on any atom is -0.348 e. The summed E-state index contributed by atoms with van der Waals surface area (Å²) in [6.07, 6.45) is 1.84. The Hall–Kier alpha value is -2.34. The van der Waals surface area contributed by atoms with Gasteiger partial charge in [-0.25, -0.2) is 8.42 Å². The van der Waals surface area contributed by atoms with Crippen molar-refractivity contribution in [3.8, 4) is 0 Å². The van der Waals surface area contributed by atoms with Gasteiger partial charge in [-0.15, -0.1) is 0 Å². The lowest BCUT2D eigenvalue weighted by atomic mass is 10.0. The molecular formula is C21H28N2O3S. The number of amides is 1. The predicted molar refractivity (Wildman–Crippen MR) is 110 cm³/mol. The van der Waals surface area contributed by atoms with E-state index < -0.39 is 10.0 Å². The van der Waals surface area contributed by atoms with Crippen LogP contribution in [-0.4, -0.2) is 27.1 Å². The average molecular weight is 389 g/mol. The van der Waals surface area contributed by atoms with Gasteiger partial charge < -0.3 is 5.32 Å². The van der Waals surface area contributed by atoms with Crippen molar-refractivity contribution in [2.45, 2.75) is 40.2 Å². The van der Waals surface area contributed by atoms with Gasteiger partial charge in [0.2, 0.25) is 15.9 Å². The van der Waals surface area contributed by atoms with Crippen LogP contribution in [0.2, 0.25) is 0 Å². The molecule has 0 aliphatic rings. The Labute approximate surface area is 162 Å². The summed E-state index contributed by atoms with van der Waals surface area (Å²) in [6, 6.07) is 13.4. The average Bonchev–Trinajstić information content (AvgIpc) is 2.60. The van der Waals surface area contributed by atoms with E-state index in [4.69, 9.17) is 0 Å². The Morgan fingerprint density at radius 1 is 1.04 bits per heavy atom. The fourth-order valence-corrected chi connectivity index (χ4v) is 3.87. The molecule has 0 radical (unpaired) electrons. The largest absolute Gasteiger partial charge is 0.348 e. The van der Waals surface area contributed by atoms with E-state index in [-0.39, 0.29) is 18.5 Å². The first kappa shape index (κ1) is 21.0. The van der Waals surface area contributed by atoms with Gasteiger partial charge >= 0.3 is 0 Å². The maximum Gasteiger partial charge on any atom is 0.241 e. The Balaban J connectivity index is 2.23. The highest BCUT2D eigenvalue weighted by Crippen LogP contribution is 2.24. The molecule has 0 aliphatic heterocycles. The molecule has 0 unspecified atom stereocenters. The summed E-state index contributed by atoms with van der Waals surface area (Å²) in [5, 5.41) is 2.96. The van der Waals surface area contributed by atoms with Gasteiger partial charge in [-0.3, -0.25) is 9.10 Å². The predicted octanol–water partition coefficient (Wildman–Crippen LogP) is 3.65. The van der Waals surface area contributed by atoms with E-state index in [1.54, 1.807) is 6.07 Å². The van der Waals surface area contributed by atoms with Gasteiger partial charge in [-0.05, 0) is 49.9 Å². The molecule has 0 aliphatic carbocycles. The first-order valence-corrected chi connectivity index (χ1v) is 10.9. The van der Waals surface area contributed by atoms with E-state index in [0.717, 1.165) is 34.9 Å². The lowest BCUT2D eigenvalue weighted by Gasteiger charge is -2.25. The van der Waals surface area contributed by atoms with Gasteiger partial charge in [0.05, 0.1) is 18.0 Å². The third-order valence-electron chi connectivity index (χ3n) is 4.54. The highest BCUT2D eigenvalue weighted by Gasteiger charge is 2.23. The minimum absolute atomic E-state index is 0.155. The third-order valence-corrected chi connectivity index (χ3v) is 5.67. The van der Waals surface area contributed by atoms with Crippen molar-refractivity contribution in [1.29, 1.82) is 0 Å². The molecule has 2 aromatic rings. The van der Waals surface area contributed by atoms with Crippen molar-refractivity contribution in [2.75, 3.05) is 17.1 Å². The Bertz CT molecular complexity index is 906. The topological polar surface area (TPSA) is 66.5 Å². The van der Waals surface area contributed by atoms with Crippen LogP contribution in [-0.2, 0) is 14.8 Å². The van der Waals surface area contributed by atoms with Crippen molar-refractivity contribution >= 4 is 21.6 Å². The molecule has 0 fully saturated rings. The summed E-state index contributed by atoms with van der Waals surface area (Å²) in [5.41, 5.74) is 4.45. The number of hydrogen-bond donors (Lipinski definition) is 1. The summed E-state index contributed by atoms with van der Waals surface area (Å²) < 4.78 is 25.9. The molecule has 1 atom stereocenters. The van der Waals surface area contributed by atoms with Crippen molar-refractivity contribution in [1.82, 2.24) is 5.32 Å². The van der Waals surface area contributed by atoms with Gasteiger partial charge in [0, 0.05) is 0 Å². The molecule has 5 nitrogen and oxygen atoms in total. The van der Waals surface area contributed by atoms with Crippen LogP contribution in [0.3, 0.4) is 0 Å². The number of nitrogens with one attached hydrogen (secondary N) is 1. The number of benzene rings is 2. The molecular weight excluding hydrogens is 360 g/mol. The van der Waals surface area contributed by atoms with Crippen molar-refractivity contribution in [3.63, 3.8) is 0 Å². The lowest BCUT2D eigenvalue weighted by Crippen LogP contribution is -2.41. The van der Waals surface area contributed by atoms with Gasteiger partial charge in [0.1, 0.15) is 6.54 Å². The lowest BCUT2D eigenvalue weighted by molar-refractivity contribution is -0.120. The highest BCUT2D eigenvalue weighted by atomic mass is 32.2. The number of anilines is 1. The van der Waals surface area contributed by atoms with Crippen LogP contribution >= 0.6 is 0 Å². The smallest absolute Gasteiger partial charge is 0.241 e. The number of carbonyl (C=O) groups is 1. The number of sulfonamides is 1. The molecule has 27 heavy (non-hydrogen) atoms. The number of carbonyl (C=O) groups excluding carboxylic acids is 1. The standard InChI is InChI=1S/C21H28N2O3S/c1-6-19(18-11-8-15(2)9-12-18)22-21(24)14-23(27(5,25)26)20-13-16(3)7-10-17(20)4/h7-13,19H,6,14H2,1-5H3,(H,22,24)/t19-/m1/s1. The highest BCUT2D eigenvalue weighted by molar-refractivity contribution is 7.92. The molecule has 2 aromatic carbocycles. The molecule has 0 aromatic heterocycles. The normalized spacial score (nSPS) is 12.5. The minimum atomic E-state index is -3.59. The summed E-state index contributed by atoms with van der Waals surface area (Å²) in [5.74, 6) is -0.325. The van der Waals surface area contributed by atoms with E-state index >= 15 is 0 Å². The summed E-state index contributed by atoms with van der Waals surface area (Å²) >= 11 is 0. The van der Waals surface area contributed by atoms with Crippen LogP contribution in [0.25, 0.3) is 0 Å². The van der Waals surface area contributed by atoms with Gasteiger partial charge in [-0.2, -0.15) is 0 Å². The monoisotopic (exact) mass is 388 g/mol. The molecule has 0 saturated carbocycles. The zero-order valence-corrected chi connectivity index (χ0v) is 17.4. The first-order chi connectivity index (χ1) is 12.6. The van der Waals surface area contributed by atoms with Crippen LogP contribution in [0.1, 0.15) is 41.6 Å². The van der Waals surface area contributed by atoms with Crippen molar-refractivity contribution < 1.29 is 13.2 Å². The van der Waals surface area contributed by atoms with E-state index in [1.165, 1.54) is 4.31 Å². The second kappa shape index (κ2) is 8.57. The van der Waals surface area contributed by atoms with Crippen LogP contribution in [0.5, 0.6) is 0 Å². The summed E-state index contributed by atoms with van der Waals surface area (Å²) in [6.45, 7) is 7.49. The van der Waals surface area contributed by atoms with E-state index in [2.05, 4.69) is 5.32 Å². The molecule has 6 heteroatoms. The number of nitrogens with zero attached hydrogens (tertiary/aromatic N) is 1. The molecule has 0 bridgehead atoms. The Kier molecular flexibility index (Phi) is 6.65. The molecule has 2 rings (SSSR count). The fraction of sp³-hybridized carbons (Fsp3) is 0.381. The maximum atomic E-state index is 12.7. The van der Waals surface area contributed by atoms with Gasteiger partial charge in [0.15, 0.2) is 0 Å². The zero-order valence-electron chi connectivity index (χ0n) is 16.6. The molecule has 1 amide bonds. The quantitative estimate of drug-likeness (QED) is 0.787. The number of rotatable bonds is 7. The summed E-state index contributed by atoms with van der Waals surface area (Å²) in [7, 11) is -3.59. The summed E-state index contributed by atoms with van der Waals surface area (Å²) in [4.78, 5) is 12.7. The maximum absolute atomic E-state index is 12.7. The first-order valence-electron chi connectivity index (χ1n) is 9.02. The molecule has 146 valence electrons. The molecule has 0 heterocycles. The Morgan fingerprint density at radius 2 is 1.63 bits per heavy atom. The second-order valence-corrected chi connectivity index (χ2v) is 8.91. The third kappa shape index (κ3) is 5.57. The van der Waals surface area contributed by atoms with E-state index in [1.807, 2.05) is 64.1 Å². The molecule has 0 spiro atoms. The number of aryl methyl sites for hydroxylation is 3. The van der Waals surface area contributed by atoms with Crippen molar-refractivity contribution in [3.05, 3.63) is 64.7 Å². The zero-order chi connectivity index (χ0) is 20.2.